The predicted molar refractivity (Wildman–Crippen MR) is 52.2 cm³/mol. The number of rotatable bonds is 1. The first-order valence-corrected chi connectivity index (χ1v) is 5.65. The second-order valence-corrected chi connectivity index (χ2v) is 5.01. The van der Waals surface area contributed by atoms with Gasteiger partial charge in [0, 0.05) is 0 Å². The number of nitrogens with zero attached hydrogens (tertiary/aromatic N) is 2. The normalized spacial score (nSPS) is 24.2. The molecule has 1 aromatic rings. The van der Waals surface area contributed by atoms with E-state index in [0.717, 1.165) is 16.0 Å². The predicted octanol–water partition coefficient (Wildman–Crippen LogP) is 2.12. The highest BCUT2D eigenvalue weighted by Gasteiger charge is 2.19. The first kappa shape index (κ1) is 8.59. The van der Waals surface area contributed by atoms with Gasteiger partial charge in [0.25, 0.3) is 0 Å². The number of nitrogens with one attached hydrogen (secondary N) is 1. The average molecular weight is 248 g/mol. The van der Waals surface area contributed by atoms with Gasteiger partial charge in [-0.15, -0.1) is 5.10 Å². The Bertz CT molecular complexity index is 257. The topological polar surface area (TPSA) is 37.8 Å². The van der Waals surface area contributed by atoms with Gasteiger partial charge >= 0.3 is 0 Å². The highest BCUT2D eigenvalue weighted by Crippen LogP contribution is 2.29. The van der Waals surface area contributed by atoms with E-state index >= 15 is 0 Å². The van der Waals surface area contributed by atoms with Gasteiger partial charge in [-0.25, -0.2) is 0 Å². The van der Waals surface area contributed by atoms with Gasteiger partial charge in [0.05, 0.1) is 6.04 Å². The molecule has 0 saturated carbocycles. The molecule has 2 rings (SSSR count). The molecule has 0 amide bonds. The molecule has 12 heavy (non-hydrogen) atoms. The summed E-state index contributed by atoms with van der Waals surface area (Å²) in [7, 11) is 0. The molecule has 1 unspecified atom stereocenters. The van der Waals surface area contributed by atoms with Crippen LogP contribution >= 0.6 is 27.5 Å². The second-order valence-electron chi connectivity index (χ2n) is 2.93. The molecule has 1 atom stereocenters. The van der Waals surface area contributed by atoms with E-state index in [9.17, 15) is 0 Å². The minimum absolute atomic E-state index is 0.423. The fraction of sp³-hybridized carbons (Fsp3) is 0.714. The highest BCUT2D eigenvalue weighted by atomic mass is 79.9. The van der Waals surface area contributed by atoms with Crippen LogP contribution in [0.25, 0.3) is 0 Å². The van der Waals surface area contributed by atoms with Crippen LogP contribution in [0.5, 0.6) is 0 Å². The molecule has 0 spiro atoms. The quantitative estimate of drug-likeness (QED) is 0.827. The minimum atomic E-state index is 0.423. The monoisotopic (exact) mass is 247 g/mol. The maximum absolute atomic E-state index is 4.10. The maximum atomic E-state index is 4.10. The van der Waals surface area contributed by atoms with Crippen LogP contribution in [-0.4, -0.2) is 16.1 Å². The van der Waals surface area contributed by atoms with Gasteiger partial charge in [-0.3, -0.25) is 0 Å². The summed E-state index contributed by atoms with van der Waals surface area (Å²) >= 11 is 4.87. The van der Waals surface area contributed by atoms with Crippen LogP contribution in [-0.2, 0) is 0 Å². The van der Waals surface area contributed by atoms with Crippen molar-refractivity contribution in [1.82, 2.24) is 14.9 Å². The molecule has 66 valence electrons. The van der Waals surface area contributed by atoms with Crippen LogP contribution in [0.15, 0.2) is 3.79 Å². The summed E-state index contributed by atoms with van der Waals surface area (Å²) in [6, 6.07) is 0.423. The van der Waals surface area contributed by atoms with Crippen molar-refractivity contribution >= 4 is 27.5 Å². The fourth-order valence-electron chi connectivity index (χ4n) is 1.48. The zero-order valence-electron chi connectivity index (χ0n) is 6.59. The molecule has 0 aliphatic carbocycles. The molecule has 1 saturated heterocycles. The van der Waals surface area contributed by atoms with Crippen molar-refractivity contribution in [3.63, 3.8) is 0 Å². The summed E-state index contributed by atoms with van der Waals surface area (Å²) in [5.74, 6) is 0. The zero-order valence-corrected chi connectivity index (χ0v) is 8.99. The highest BCUT2D eigenvalue weighted by molar-refractivity contribution is 9.11. The molecule has 0 bridgehead atoms. The van der Waals surface area contributed by atoms with Gasteiger partial charge in [0.15, 0.2) is 0 Å². The third-order valence-electron chi connectivity index (χ3n) is 2.11. The summed E-state index contributed by atoms with van der Waals surface area (Å²) in [6.45, 7) is 1.11. The van der Waals surface area contributed by atoms with Crippen LogP contribution < -0.4 is 5.32 Å². The Hall–Kier alpha value is -0.0000000000000000763. The molecular formula is C7H10BrN3S. The Kier molecular flexibility index (Phi) is 2.73. The lowest BCUT2D eigenvalue weighted by atomic mass is 10.0. The van der Waals surface area contributed by atoms with Gasteiger partial charge < -0.3 is 5.32 Å². The summed E-state index contributed by atoms with van der Waals surface area (Å²) in [5, 5.41) is 7.54. The largest absolute Gasteiger partial charge is 0.309 e. The molecule has 5 heteroatoms. The van der Waals surface area contributed by atoms with E-state index in [1.54, 1.807) is 0 Å². The van der Waals surface area contributed by atoms with Crippen molar-refractivity contribution in [2.24, 2.45) is 0 Å². The van der Waals surface area contributed by atoms with Gasteiger partial charge in [-0.2, -0.15) is 0 Å². The molecule has 1 fully saturated rings. The molecule has 2 heterocycles. The van der Waals surface area contributed by atoms with E-state index in [0.29, 0.717) is 6.04 Å². The number of aromatic nitrogens is 2. The summed E-state index contributed by atoms with van der Waals surface area (Å²) in [5.41, 5.74) is 1.08. The maximum Gasteiger partial charge on any atom is 0.116 e. The van der Waals surface area contributed by atoms with Crippen LogP contribution in [0.3, 0.4) is 0 Å². The Morgan fingerprint density at radius 1 is 1.50 bits per heavy atom. The van der Waals surface area contributed by atoms with E-state index in [1.807, 2.05) is 0 Å². The molecule has 1 aliphatic rings. The van der Waals surface area contributed by atoms with Crippen molar-refractivity contribution < 1.29 is 0 Å². The number of halogens is 1. The molecule has 1 aromatic heterocycles. The number of piperidine rings is 1. The van der Waals surface area contributed by atoms with Crippen LogP contribution in [0.4, 0.5) is 0 Å². The minimum Gasteiger partial charge on any atom is -0.309 e. The van der Waals surface area contributed by atoms with Crippen molar-refractivity contribution in [3.8, 4) is 0 Å². The number of hydrogen-bond donors (Lipinski definition) is 1. The molecule has 0 radical (unpaired) electrons. The molecule has 0 aromatic carbocycles. The van der Waals surface area contributed by atoms with Gasteiger partial charge in [0.1, 0.15) is 9.48 Å². The van der Waals surface area contributed by atoms with Crippen molar-refractivity contribution in [2.45, 2.75) is 25.3 Å². The third kappa shape index (κ3) is 1.67. The lowest BCUT2D eigenvalue weighted by Crippen LogP contribution is -2.27. The SMILES string of the molecule is Brc1snnc1C1CCCCN1. The third-order valence-corrected chi connectivity index (χ3v) is 3.48. The molecular weight excluding hydrogens is 238 g/mol. The second kappa shape index (κ2) is 3.81. The van der Waals surface area contributed by atoms with E-state index in [2.05, 4.69) is 30.8 Å². The van der Waals surface area contributed by atoms with Crippen LogP contribution in [0.1, 0.15) is 31.0 Å². The standard InChI is InChI=1S/C7H10BrN3S/c8-7-6(10-11-12-7)5-3-1-2-4-9-5/h5,9H,1-4H2. The molecule has 3 nitrogen and oxygen atoms in total. The first-order valence-electron chi connectivity index (χ1n) is 4.09. The summed E-state index contributed by atoms with van der Waals surface area (Å²) in [6.07, 6.45) is 3.76. The van der Waals surface area contributed by atoms with E-state index in [4.69, 9.17) is 0 Å². The average Bonchev–Trinajstić information content (AvgIpc) is 2.53. The summed E-state index contributed by atoms with van der Waals surface area (Å²) < 4.78 is 4.97. The van der Waals surface area contributed by atoms with Gasteiger partial charge in [0.2, 0.25) is 0 Å². The fourth-order valence-corrected chi connectivity index (χ4v) is 2.51. The van der Waals surface area contributed by atoms with E-state index < -0.39 is 0 Å². The van der Waals surface area contributed by atoms with Crippen LogP contribution in [0.2, 0.25) is 0 Å². The van der Waals surface area contributed by atoms with Gasteiger partial charge in [-0.1, -0.05) is 10.9 Å². The Balaban J connectivity index is 2.13. The van der Waals surface area contributed by atoms with Crippen molar-refractivity contribution in [1.29, 1.82) is 0 Å². The van der Waals surface area contributed by atoms with Crippen molar-refractivity contribution in [3.05, 3.63) is 9.48 Å². The van der Waals surface area contributed by atoms with Gasteiger partial charge in [-0.05, 0) is 46.8 Å². The lowest BCUT2D eigenvalue weighted by molar-refractivity contribution is 0.404. The van der Waals surface area contributed by atoms with Crippen LogP contribution in [0, 0.1) is 0 Å². The smallest absolute Gasteiger partial charge is 0.116 e. The lowest BCUT2D eigenvalue weighted by Gasteiger charge is -2.21. The number of hydrogen-bond acceptors (Lipinski definition) is 4. The van der Waals surface area contributed by atoms with E-state index in [1.165, 1.54) is 30.8 Å². The Morgan fingerprint density at radius 2 is 2.42 bits per heavy atom. The zero-order chi connectivity index (χ0) is 8.39. The van der Waals surface area contributed by atoms with Crippen molar-refractivity contribution in [2.75, 3.05) is 6.54 Å². The molecule has 1 aliphatic heterocycles. The first-order chi connectivity index (χ1) is 5.88. The van der Waals surface area contributed by atoms with E-state index in [-0.39, 0.29) is 0 Å². The summed E-state index contributed by atoms with van der Waals surface area (Å²) in [4.78, 5) is 0. The molecule has 1 N–H and O–H groups in total. The Labute approximate surface area is 83.9 Å². The Morgan fingerprint density at radius 3 is 3.00 bits per heavy atom.